The molecule has 1 rings (SSSR count). The maximum absolute atomic E-state index is 10.7. The maximum atomic E-state index is 10.7. The molecule has 1 atom stereocenters. The lowest BCUT2D eigenvalue weighted by molar-refractivity contribution is -0.140. The van der Waals surface area contributed by atoms with Crippen LogP contribution in [0.25, 0.3) is 0 Å². The van der Waals surface area contributed by atoms with Crippen molar-refractivity contribution < 1.29 is 15.0 Å². The Hall–Kier alpha value is -1.77. The van der Waals surface area contributed by atoms with Gasteiger partial charge in [-0.15, -0.1) is 6.58 Å². The first kappa shape index (κ1) is 10.3. The van der Waals surface area contributed by atoms with E-state index in [9.17, 15) is 4.79 Å². The lowest BCUT2D eigenvalue weighted by Gasteiger charge is -2.06. The Kier molecular flexibility index (Phi) is 3.29. The van der Waals surface area contributed by atoms with Gasteiger partial charge in [0.2, 0.25) is 0 Å². The van der Waals surface area contributed by atoms with E-state index in [0.29, 0.717) is 6.42 Å². The Morgan fingerprint density at radius 3 is 2.43 bits per heavy atom. The van der Waals surface area contributed by atoms with E-state index in [0.717, 1.165) is 5.56 Å². The van der Waals surface area contributed by atoms with Crippen molar-refractivity contribution in [2.45, 2.75) is 6.42 Å². The standard InChI is InChI=1S/C11H12O3/c1-2-9(11(13)14)7-8-3-5-10(12)6-4-8/h2-6,9,12H,1,7H2,(H,13,14)/t9-/m0/s1. The fourth-order valence-electron chi connectivity index (χ4n) is 1.16. The van der Waals surface area contributed by atoms with Crippen LogP contribution < -0.4 is 0 Å². The van der Waals surface area contributed by atoms with Gasteiger partial charge < -0.3 is 10.2 Å². The fraction of sp³-hybridized carbons (Fsp3) is 0.182. The number of aliphatic carboxylic acids is 1. The molecule has 3 nitrogen and oxygen atoms in total. The van der Waals surface area contributed by atoms with Crippen molar-refractivity contribution in [3.63, 3.8) is 0 Å². The molecule has 0 saturated carbocycles. The molecule has 0 heterocycles. The second-order valence-electron chi connectivity index (χ2n) is 3.05. The van der Waals surface area contributed by atoms with Crippen molar-refractivity contribution in [1.29, 1.82) is 0 Å². The maximum Gasteiger partial charge on any atom is 0.310 e. The van der Waals surface area contributed by atoms with Crippen LogP contribution in [0.15, 0.2) is 36.9 Å². The van der Waals surface area contributed by atoms with Crippen LogP contribution in [-0.2, 0) is 11.2 Å². The highest BCUT2D eigenvalue weighted by molar-refractivity contribution is 5.72. The van der Waals surface area contributed by atoms with Crippen LogP contribution in [0.5, 0.6) is 5.75 Å². The first-order chi connectivity index (χ1) is 6.63. The van der Waals surface area contributed by atoms with Gasteiger partial charge in [-0.25, -0.2) is 0 Å². The molecule has 14 heavy (non-hydrogen) atoms. The molecule has 3 heteroatoms. The topological polar surface area (TPSA) is 57.5 Å². The van der Waals surface area contributed by atoms with E-state index in [-0.39, 0.29) is 5.75 Å². The van der Waals surface area contributed by atoms with E-state index in [2.05, 4.69) is 6.58 Å². The molecular weight excluding hydrogens is 180 g/mol. The molecule has 0 aliphatic carbocycles. The van der Waals surface area contributed by atoms with E-state index in [4.69, 9.17) is 10.2 Å². The van der Waals surface area contributed by atoms with Crippen LogP contribution in [0.2, 0.25) is 0 Å². The van der Waals surface area contributed by atoms with Crippen molar-refractivity contribution in [3.8, 4) is 5.75 Å². The third-order valence-corrected chi connectivity index (χ3v) is 1.99. The third kappa shape index (κ3) is 2.62. The summed E-state index contributed by atoms with van der Waals surface area (Å²) >= 11 is 0. The Balaban J connectivity index is 2.72. The fourth-order valence-corrected chi connectivity index (χ4v) is 1.16. The number of hydrogen-bond donors (Lipinski definition) is 2. The summed E-state index contributed by atoms with van der Waals surface area (Å²) in [6.07, 6.45) is 1.81. The summed E-state index contributed by atoms with van der Waals surface area (Å²) < 4.78 is 0. The average molecular weight is 192 g/mol. The Morgan fingerprint density at radius 1 is 1.43 bits per heavy atom. The first-order valence-corrected chi connectivity index (χ1v) is 4.26. The smallest absolute Gasteiger partial charge is 0.310 e. The highest BCUT2D eigenvalue weighted by atomic mass is 16.4. The molecule has 74 valence electrons. The summed E-state index contributed by atoms with van der Waals surface area (Å²) in [5.74, 6) is -1.27. The van der Waals surface area contributed by atoms with Crippen molar-refractivity contribution in [2.24, 2.45) is 5.92 Å². The van der Waals surface area contributed by atoms with Crippen LogP contribution >= 0.6 is 0 Å². The van der Waals surface area contributed by atoms with Gasteiger partial charge in [0, 0.05) is 0 Å². The zero-order valence-electron chi connectivity index (χ0n) is 7.68. The molecule has 0 amide bonds. The number of aromatic hydroxyl groups is 1. The molecule has 1 aromatic rings. The number of phenols is 1. The SMILES string of the molecule is C=C[C@@H](Cc1ccc(O)cc1)C(=O)O. The Bertz CT molecular complexity index is 327. The third-order valence-electron chi connectivity index (χ3n) is 1.99. The normalized spacial score (nSPS) is 12.0. The molecule has 0 aromatic heterocycles. The molecule has 0 fully saturated rings. The highest BCUT2D eigenvalue weighted by Crippen LogP contribution is 2.14. The van der Waals surface area contributed by atoms with Gasteiger partial charge in [-0.3, -0.25) is 4.79 Å². The summed E-state index contributed by atoms with van der Waals surface area (Å²) in [4.78, 5) is 10.7. The molecule has 1 aromatic carbocycles. The molecule has 0 spiro atoms. The number of carbonyl (C=O) groups is 1. The van der Waals surface area contributed by atoms with E-state index in [1.165, 1.54) is 18.2 Å². The predicted molar refractivity (Wildman–Crippen MR) is 53.1 cm³/mol. The minimum absolute atomic E-state index is 0.180. The van der Waals surface area contributed by atoms with Gasteiger partial charge in [0.1, 0.15) is 5.75 Å². The Labute approximate surface area is 82.3 Å². The summed E-state index contributed by atoms with van der Waals surface area (Å²) in [7, 11) is 0. The second kappa shape index (κ2) is 4.46. The highest BCUT2D eigenvalue weighted by Gasteiger charge is 2.13. The summed E-state index contributed by atoms with van der Waals surface area (Å²) in [5.41, 5.74) is 0.870. The van der Waals surface area contributed by atoms with Crippen LogP contribution in [0.1, 0.15) is 5.56 Å². The molecule has 0 radical (unpaired) electrons. The van der Waals surface area contributed by atoms with Crippen molar-refractivity contribution in [2.75, 3.05) is 0 Å². The molecule has 0 aliphatic rings. The number of hydrogen-bond acceptors (Lipinski definition) is 2. The predicted octanol–water partition coefficient (Wildman–Crippen LogP) is 1.82. The van der Waals surface area contributed by atoms with E-state index < -0.39 is 11.9 Å². The van der Waals surface area contributed by atoms with Gasteiger partial charge in [0.15, 0.2) is 0 Å². The number of phenolic OH excluding ortho intramolecular Hbond substituents is 1. The van der Waals surface area contributed by atoms with Crippen LogP contribution in [0.3, 0.4) is 0 Å². The molecule has 0 bridgehead atoms. The molecule has 0 aliphatic heterocycles. The quantitative estimate of drug-likeness (QED) is 0.715. The van der Waals surface area contributed by atoms with Gasteiger partial charge >= 0.3 is 5.97 Å². The molecule has 0 saturated heterocycles. The summed E-state index contributed by atoms with van der Waals surface area (Å²) in [6.45, 7) is 3.47. The monoisotopic (exact) mass is 192 g/mol. The van der Waals surface area contributed by atoms with E-state index in [1.54, 1.807) is 12.1 Å². The lowest BCUT2D eigenvalue weighted by Crippen LogP contribution is -2.13. The Morgan fingerprint density at radius 2 is 2.00 bits per heavy atom. The minimum atomic E-state index is -0.881. The van der Waals surface area contributed by atoms with Gasteiger partial charge in [0.05, 0.1) is 5.92 Å². The van der Waals surface area contributed by atoms with Crippen molar-refractivity contribution in [3.05, 3.63) is 42.5 Å². The summed E-state index contributed by atoms with van der Waals surface area (Å²) in [5, 5.41) is 17.8. The van der Waals surface area contributed by atoms with Crippen LogP contribution in [0.4, 0.5) is 0 Å². The van der Waals surface area contributed by atoms with Gasteiger partial charge in [-0.2, -0.15) is 0 Å². The van der Waals surface area contributed by atoms with Crippen molar-refractivity contribution >= 4 is 5.97 Å². The van der Waals surface area contributed by atoms with Gasteiger partial charge in [-0.1, -0.05) is 18.2 Å². The minimum Gasteiger partial charge on any atom is -0.508 e. The van der Waals surface area contributed by atoms with Gasteiger partial charge in [-0.05, 0) is 24.1 Å². The first-order valence-electron chi connectivity index (χ1n) is 4.26. The lowest BCUT2D eigenvalue weighted by atomic mass is 10.00. The molecule has 2 N–H and O–H groups in total. The zero-order valence-corrected chi connectivity index (χ0v) is 7.68. The van der Waals surface area contributed by atoms with E-state index in [1.807, 2.05) is 0 Å². The molecule has 0 unspecified atom stereocenters. The summed E-state index contributed by atoms with van der Waals surface area (Å²) in [6, 6.07) is 6.48. The second-order valence-corrected chi connectivity index (χ2v) is 3.05. The zero-order chi connectivity index (χ0) is 10.6. The van der Waals surface area contributed by atoms with Crippen molar-refractivity contribution in [1.82, 2.24) is 0 Å². The average Bonchev–Trinajstić information content (AvgIpc) is 2.16. The number of benzene rings is 1. The van der Waals surface area contributed by atoms with Crippen LogP contribution in [-0.4, -0.2) is 16.2 Å². The number of carboxylic acids is 1. The largest absolute Gasteiger partial charge is 0.508 e. The number of carboxylic acid groups (broad SMARTS) is 1. The van der Waals surface area contributed by atoms with Gasteiger partial charge in [0.25, 0.3) is 0 Å². The van der Waals surface area contributed by atoms with Crippen LogP contribution in [0, 0.1) is 5.92 Å². The van der Waals surface area contributed by atoms with E-state index >= 15 is 0 Å². The molecular formula is C11H12O3. The number of rotatable bonds is 4.